The van der Waals surface area contributed by atoms with Gasteiger partial charge in [-0.2, -0.15) is 0 Å². The molecule has 0 N–H and O–H groups in total. The predicted molar refractivity (Wildman–Crippen MR) is 209 cm³/mol. The Hall–Kier alpha value is -1.06. The van der Waals surface area contributed by atoms with Crippen LogP contribution in [0.5, 0.6) is 0 Å². The minimum Gasteiger partial charge on any atom is -0.466 e. The van der Waals surface area contributed by atoms with Crippen molar-refractivity contribution in [3.05, 3.63) is 0 Å². The molecule has 0 aliphatic heterocycles. The van der Waals surface area contributed by atoms with Crippen molar-refractivity contribution < 1.29 is 19.1 Å². The third-order valence-corrected chi connectivity index (χ3v) is 10.2. The van der Waals surface area contributed by atoms with Gasteiger partial charge in [0.2, 0.25) is 0 Å². The number of carbonyl (C=O) groups excluding carboxylic acids is 2. The summed E-state index contributed by atoms with van der Waals surface area (Å²) in [5.41, 5.74) is 0. The first-order chi connectivity index (χ1) is 23.6. The lowest BCUT2D eigenvalue weighted by Gasteiger charge is -2.16. The van der Waals surface area contributed by atoms with Gasteiger partial charge in [-0.1, -0.05) is 201 Å². The predicted octanol–water partition coefficient (Wildman–Crippen LogP) is 14.9. The minimum absolute atomic E-state index is 0.0238. The fraction of sp³-hybridized carbons (Fsp3) is 0.955. The molecule has 0 aromatic rings. The van der Waals surface area contributed by atoms with Gasteiger partial charge in [0.1, 0.15) is 6.10 Å². The molecule has 1 atom stereocenters. The van der Waals surface area contributed by atoms with Gasteiger partial charge in [-0.3, -0.25) is 9.59 Å². The Morgan fingerprint density at radius 2 is 0.688 bits per heavy atom. The molecule has 0 aromatic carbocycles. The van der Waals surface area contributed by atoms with Gasteiger partial charge >= 0.3 is 11.9 Å². The van der Waals surface area contributed by atoms with Crippen LogP contribution in [0.15, 0.2) is 0 Å². The molecule has 1 unspecified atom stereocenters. The molecule has 0 spiro atoms. The monoisotopic (exact) mass is 679 g/mol. The van der Waals surface area contributed by atoms with E-state index < -0.39 is 0 Å². The summed E-state index contributed by atoms with van der Waals surface area (Å²) in [6.07, 6.45) is 45.9. The fourth-order valence-electron chi connectivity index (χ4n) is 6.78. The van der Waals surface area contributed by atoms with E-state index >= 15 is 0 Å². The van der Waals surface area contributed by atoms with E-state index in [4.69, 9.17) is 9.47 Å². The number of unbranched alkanes of at least 4 members (excludes halogenated alkanes) is 30. The smallest absolute Gasteiger partial charge is 0.306 e. The molecule has 0 saturated carbocycles. The third-order valence-electron chi connectivity index (χ3n) is 10.2. The molecule has 0 aromatic heterocycles. The summed E-state index contributed by atoms with van der Waals surface area (Å²) in [4.78, 5) is 24.4. The first-order valence-corrected chi connectivity index (χ1v) is 22.0. The average Bonchev–Trinajstić information content (AvgIpc) is 3.09. The molecule has 4 nitrogen and oxygen atoms in total. The largest absolute Gasteiger partial charge is 0.466 e. The highest BCUT2D eigenvalue weighted by molar-refractivity contribution is 5.69. The molecule has 0 heterocycles. The van der Waals surface area contributed by atoms with Crippen molar-refractivity contribution in [2.24, 2.45) is 0 Å². The lowest BCUT2D eigenvalue weighted by molar-refractivity contribution is -0.150. The summed E-state index contributed by atoms with van der Waals surface area (Å²) < 4.78 is 11.2. The zero-order valence-electron chi connectivity index (χ0n) is 33.1. The van der Waals surface area contributed by atoms with E-state index in [2.05, 4.69) is 20.8 Å². The van der Waals surface area contributed by atoms with E-state index in [0.717, 1.165) is 57.8 Å². The van der Waals surface area contributed by atoms with Crippen LogP contribution in [0, 0.1) is 0 Å². The highest BCUT2D eigenvalue weighted by atomic mass is 16.5. The van der Waals surface area contributed by atoms with Crippen LogP contribution in [-0.2, 0) is 19.1 Å². The molecule has 0 aliphatic carbocycles. The summed E-state index contributed by atoms with van der Waals surface area (Å²) in [7, 11) is 0. The van der Waals surface area contributed by atoms with Gasteiger partial charge in [0, 0.05) is 12.8 Å². The van der Waals surface area contributed by atoms with Gasteiger partial charge in [0.15, 0.2) is 0 Å². The normalized spacial score (nSPS) is 12.0. The average molecular weight is 679 g/mol. The van der Waals surface area contributed by atoms with Crippen molar-refractivity contribution in [1.29, 1.82) is 0 Å². The second-order valence-electron chi connectivity index (χ2n) is 15.0. The van der Waals surface area contributed by atoms with Crippen molar-refractivity contribution in [3.63, 3.8) is 0 Å². The number of hydrogen-bond acceptors (Lipinski definition) is 4. The van der Waals surface area contributed by atoms with Gasteiger partial charge in [0.05, 0.1) is 6.61 Å². The number of carbonyl (C=O) groups is 2. The van der Waals surface area contributed by atoms with E-state index in [1.165, 1.54) is 167 Å². The van der Waals surface area contributed by atoms with E-state index in [1.807, 2.05) is 0 Å². The molecule has 0 rings (SSSR count). The van der Waals surface area contributed by atoms with Crippen LogP contribution in [0.4, 0.5) is 0 Å². The molecule has 0 bridgehead atoms. The maximum Gasteiger partial charge on any atom is 0.306 e. The molecule has 0 aliphatic rings. The maximum absolute atomic E-state index is 12.3. The number of ether oxygens (including phenoxy) is 2. The van der Waals surface area contributed by atoms with Gasteiger partial charge < -0.3 is 9.47 Å². The van der Waals surface area contributed by atoms with E-state index in [1.54, 1.807) is 0 Å². The lowest BCUT2D eigenvalue weighted by atomic mass is 10.0. The first-order valence-electron chi connectivity index (χ1n) is 22.0. The van der Waals surface area contributed by atoms with E-state index in [9.17, 15) is 9.59 Å². The third kappa shape index (κ3) is 37.8. The summed E-state index contributed by atoms with van der Waals surface area (Å²) in [6, 6.07) is 0. The fourth-order valence-corrected chi connectivity index (χ4v) is 6.78. The van der Waals surface area contributed by atoms with Gasteiger partial charge in [-0.15, -0.1) is 0 Å². The van der Waals surface area contributed by atoms with Crippen LogP contribution in [0.25, 0.3) is 0 Å². The molecule has 0 fully saturated rings. The van der Waals surface area contributed by atoms with Crippen molar-refractivity contribution in [2.75, 3.05) is 6.61 Å². The molecule has 286 valence electrons. The summed E-state index contributed by atoms with van der Waals surface area (Å²) >= 11 is 0. The maximum atomic E-state index is 12.3. The zero-order valence-corrected chi connectivity index (χ0v) is 33.1. The Bertz CT molecular complexity index is 648. The number of esters is 2. The number of hydrogen-bond donors (Lipinski definition) is 0. The van der Waals surface area contributed by atoms with E-state index in [-0.39, 0.29) is 18.0 Å². The molecule has 0 amide bonds. The van der Waals surface area contributed by atoms with Crippen molar-refractivity contribution in [3.8, 4) is 0 Å². The van der Waals surface area contributed by atoms with Gasteiger partial charge in [-0.25, -0.2) is 0 Å². The van der Waals surface area contributed by atoms with Crippen molar-refractivity contribution in [2.45, 2.75) is 264 Å². The zero-order chi connectivity index (χ0) is 35.0. The summed E-state index contributed by atoms with van der Waals surface area (Å²) in [6.45, 7) is 7.19. The molecule has 0 saturated heterocycles. The highest BCUT2D eigenvalue weighted by Crippen LogP contribution is 2.17. The van der Waals surface area contributed by atoms with Crippen LogP contribution in [0.2, 0.25) is 0 Å². The molecule has 48 heavy (non-hydrogen) atoms. The van der Waals surface area contributed by atoms with Crippen molar-refractivity contribution in [1.82, 2.24) is 0 Å². The Morgan fingerprint density at radius 1 is 0.375 bits per heavy atom. The standard InChI is InChI=1S/C44H86O4/c1-4-7-9-11-13-15-17-19-21-23-25-27-29-31-35-39-43(45)47-41-37-33-34-38-42(6-3)48-44(46)40-36-32-30-28-26-24-22-20-18-16-14-12-10-8-5-2/h42H,4-41H2,1-3H3. The quantitative estimate of drug-likeness (QED) is 0.0478. The minimum atomic E-state index is -0.0381. The van der Waals surface area contributed by atoms with Crippen LogP contribution in [0.3, 0.4) is 0 Å². The molecular weight excluding hydrogens is 592 g/mol. The summed E-state index contributed by atoms with van der Waals surface area (Å²) in [5, 5.41) is 0. The Morgan fingerprint density at radius 3 is 1.04 bits per heavy atom. The second-order valence-corrected chi connectivity index (χ2v) is 15.0. The van der Waals surface area contributed by atoms with Gasteiger partial charge in [0.25, 0.3) is 0 Å². The van der Waals surface area contributed by atoms with E-state index in [0.29, 0.717) is 19.4 Å². The first kappa shape index (κ1) is 46.9. The van der Waals surface area contributed by atoms with Crippen LogP contribution >= 0.6 is 0 Å². The lowest BCUT2D eigenvalue weighted by Crippen LogP contribution is -2.17. The summed E-state index contributed by atoms with van der Waals surface area (Å²) in [5.74, 6) is -0.0619. The molecule has 4 heteroatoms. The Kier molecular flexibility index (Phi) is 39.5. The van der Waals surface area contributed by atoms with Crippen molar-refractivity contribution >= 4 is 11.9 Å². The topological polar surface area (TPSA) is 52.6 Å². The second kappa shape index (κ2) is 40.4. The molecule has 0 radical (unpaired) electrons. The number of rotatable bonds is 40. The van der Waals surface area contributed by atoms with Crippen LogP contribution in [-0.4, -0.2) is 24.6 Å². The Balaban J connectivity index is 3.45. The highest BCUT2D eigenvalue weighted by Gasteiger charge is 2.12. The van der Waals surface area contributed by atoms with Gasteiger partial charge in [-0.05, 0) is 44.9 Å². The van der Waals surface area contributed by atoms with Crippen LogP contribution in [0.1, 0.15) is 258 Å². The van der Waals surface area contributed by atoms with Crippen LogP contribution < -0.4 is 0 Å². The molecular formula is C44H86O4. The Labute approximate surface area is 301 Å². The SMILES string of the molecule is CCCCCCCCCCCCCCCCCC(=O)OCCCCCC(CC)OC(=O)CCCCCCCCCCCCCCCCC.